The largest absolute Gasteiger partial charge is 0.482 e. The monoisotopic (exact) mass is 364 g/mol. The summed E-state index contributed by atoms with van der Waals surface area (Å²) in [6, 6.07) is 7.46. The SMILES string of the molecule is CCCNC(=O)CNC(=O)COC(=O)COc1ccc(C(C)(C)C)cc1. The van der Waals surface area contributed by atoms with Crippen LogP contribution in [0.4, 0.5) is 0 Å². The Balaban J connectivity index is 2.26. The van der Waals surface area contributed by atoms with E-state index in [0.29, 0.717) is 12.3 Å². The van der Waals surface area contributed by atoms with Gasteiger partial charge in [-0.15, -0.1) is 0 Å². The molecule has 0 aliphatic heterocycles. The summed E-state index contributed by atoms with van der Waals surface area (Å²) in [5, 5.41) is 4.99. The molecule has 7 nitrogen and oxygen atoms in total. The van der Waals surface area contributed by atoms with Gasteiger partial charge in [0.25, 0.3) is 5.91 Å². The summed E-state index contributed by atoms with van der Waals surface area (Å²) < 4.78 is 10.1. The molecular weight excluding hydrogens is 336 g/mol. The molecule has 144 valence electrons. The molecular formula is C19H28N2O5. The first-order valence-corrected chi connectivity index (χ1v) is 8.64. The molecule has 0 radical (unpaired) electrons. The predicted molar refractivity (Wildman–Crippen MR) is 97.9 cm³/mol. The number of rotatable bonds is 9. The van der Waals surface area contributed by atoms with Gasteiger partial charge in [0.1, 0.15) is 5.75 Å². The Morgan fingerprint density at radius 2 is 1.62 bits per heavy atom. The summed E-state index contributed by atoms with van der Waals surface area (Å²) in [4.78, 5) is 34.5. The molecule has 26 heavy (non-hydrogen) atoms. The van der Waals surface area contributed by atoms with E-state index >= 15 is 0 Å². The lowest BCUT2D eigenvalue weighted by atomic mass is 9.87. The van der Waals surface area contributed by atoms with E-state index in [1.807, 2.05) is 19.1 Å². The van der Waals surface area contributed by atoms with Crippen molar-refractivity contribution < 1.29 is 23.9 Å². The van der Waals surface area contributed by atoms with Crippen molar-refractivity contribution in [3.05, 3.63) is 29.8 Å². The molecule has 2 N–H and O–H groups in total. The molecule has 0 saturated heterocycles. The lowest BCUT2D eigenvalue weighted by Gasteiger charge is -2.19. The molecule has 0 saturated carbocycles. The maximum absolute atomic E-state index is 11.6. The molecule has 1 aromatic rings. The van der Waals surface area contributed by atoms with E-state index in [0.717, 1.165) is 12.0 Å². The zero-order valence-corrected chi connectivity index (χ0v) is 15.9. The zero-order chi connectivity index (χ0) is 19.6. The van der Waals surface area contributed by atoms with Crippen molar-refractivity contribution in [1.82, 2.24) is 10.6 Å². The number of ether oxygens (including phenoxy) is 2. The van der Waals surface area contributed by atoms with Crippen LogP contribution in [-0.2, 0) is 24.5 Å². The Hall–Kier alpha value is -2.57. The molecule has 0 spiro atoms. The number of esters is 1. The molecule has 0 aliphatic carbocycles. The van der Waals surface area contributed by atoms with Crippen LogP contribution in [0.15, 0.2) is 24.3 Å². The van der Waals surface area contributed by atoms with E-state index in [1.165, 1.54) is 0 Å². The van der Waals surface area contributed by atoms with Gasteiger partial charge in [0.2, 0.25) is 5.91 Å². The van der Waals surface area contributed by atoms with Crippen LogP contribution in [0.3, 0.4) is 0 Å². The minimum atomic E-state index is -0.657. The highest BCUT2D eigenvalue weighted by atomic mass is 16.6. The average molecular weight is 364 g/mol. The molecule has 0 heterocycles. The first-order valence-electron chi connectivity index (χ1n) is 8.64. The van der Waals surface area contributed by atoms with Gasteiger partial charge in [-0.1, -0.05) is 39.8 Å². The Kier molecular flexibility index (Phi) is 8.61. The van der Waals surface area contributed by atoms with Gasteiger partial charge < -0.3 is 20.1 Å². The van der Waals surface area contributed by atoms with Crippen molar-refractivity contribution in [2.45, 2.75) is 39.5 Å². The lowest BCUT2D eigenvalue weighted by molar-refractivity contribution is -0.150. The van der Waals surface area contributed by atoms with Crippen molar-refractivity contribution in [2.24, 2.45) is 0 Å². The minimum Gasteiger partial charge on any atom is -0.482 e. The third-order valence-electron chi connectivity index (χ3n) is 3.46. The lowest BCUT2D eigenvalue weighted by Crippen LogP contribution is -2.39. The second kappa shape index (κ2) is 10.4. The van der Waals surface area contributed by atoms with Crippen molar-refractivity contribution in [1.29, 1.82) is 0 Å². The van der Waals surface area contributed by atoms with E-state index in [4.69, 9.17) is 9.47 Å². The minimum absolute atomic E-state index is 0.0399. The van der Waals surface area contributed by atoms with Gasteiger partial charge in [0.05, 0.1) is 6.54 Å². The summed E-state index contributed by atoms with van der Waals surface area (Å²) >= 11 is 0. The Morgan fingerprint density at radius 1 is 0.962 bits per heavy atom. The summed E-state index contributed by atoms with van der Waals surface area (Å²) in [6.45, 7) is 7.92. The van der Waals surface area contributed by atoms with Crippen LogP contribution >= 0.6 is 0 Å². The maximum atomic E-state index is 11.6. The summed E-state index contributed by atoms with van der Waals surface area (Å²) in [5.74, 6) is -0.935. The van der Waals surface area contributed by atoms with Gasteiger partial charge in [-0.2, -0.15) is 0 Å². The number of carbonyl (C=O) groups excluding carboxylic acids is 3. The fraction of sp³-hybridized carbons (Fsp3) is 0.526. The molecule has 0 bridgehead atoms. The van der Waals surface area contributed by atoms with E-state index in [9.17, 15) is 14.4 Å². The molecule has 1 aromatic carbocycles. The smallest absolute Gasteiger partial charge is 0.344 e. The first kappa shape index (κ1) is 21.5. The van der Waals surface area contributed by atoms with E-state index in [1.54, 1.807) is 12.1 Å². The van der Waals surface area contributed by atoms with E-state index in [-0.39, 0.29) is 24.5 Å². The topological polar surface area (TPSA) is 93.7 Å². The fourth-order valence-corrected chi connectivity index (χ4v) is 1.94. The molecule has 0 aromatic heterocycles. The Bertz CT molecular complexity index is 605. The first-order chi connectivity index (χ1) is 12.2. The number of nitrogens with one attached hydrogen (secondary N) is 2. The number of hydrogen-bond acceptors (Lipinski definition) is 5. The molecule has 7 heteroatoms. The standard InChI is InChI=1S/C19H28N2O5/c1-5-10-20-16(22)11-21-17(23)12-26-18(24)13-25-15-8-6-14(7-9-15)19(2,3)4/h6-9H,5,10-13H2,1-4H3,(H,20,22)(H,21,23). The number of hydrogen-bond donors (Lipinski definition) is 2. The second-order valence-electron chi connectivity index (χ2n) is 6.85. The van der Waals surface area contributed by atoms with Crippen LogP contribution in [0.25, 0.3) is 0 Å². The zero-order valence-electron chi connectivity index (χ0n) is 15.9. The van der Waals surface area contributed by atoms with Gasteiger partial charge in [-0.3, -0.25) is 9.59 Å². The number of amides is 2. The number of carbonyl (C=O) groups is 3. The Labute approximate surface area is 154 Å². The highest BCUT2D eigenvalue weighted by molar-refractivity contribution is 5.86. The number of benzene rings is 1. The van der Waals surface area contributed by atoms with Crippen molar-refractivity contribution in [3.63, 3.8) is 0 Å². The normalized spacial score (nSPS) is 10.8. The van der Waals surface area contributed by atoms with Gasteiger partial charge in [0, 0.05) is 6.54 Å². The second-order valence-corrected chi connectivity index (χ2v) is 6.85. The van der Waals surface area contributed by atoms with Crippen LogP contribution in [0.1, 0.15) is 39.7 Å². The third-order valence-corrected chi connectivity index (χ3v) is 3.46. The average Bonchev–Trinajstić information content (AvgIpc) is 2.60. The molecule has 1 rings (SSSR count). The van der Waals surface area contributed by atoms with E-state index in [2.05, 4.69) is 31.4 Å². The van der Waals surface area contributed by atoms with Gasteiger partial charge in [-0.05, 0) is 29.5 Å². The van der Waals surface area contributed by atoms with Crippen molar-refractivity contribution in [3.8, 4) is 5.75 Å². The van der Waals surface area contributed by atoms with E-state index < -0.39 is 18.5 Å². The van der Waals surface area contributed by atoms with Gasteiger partial charge in [0.15, 0.2) is 13.2 Å². The molecule has 2 amide bonds. The van der Waals surface area contributed by atoms with Crippen LogP contribution in [0.2, 0.25) is 0 Å². The highest BCUT2D eigenvalue weighted by Gasteiger charge is 2.14. The van der Waals surface area contributed by atoms with Crippen LogP contribution < -0.4 is 15.4 Å². The molecule has 0 atom stereocenters. The summed E-state index contributed by atoms with van der Waals surface area (Å²) in [6.07, 6.45) is 0.816. The molecule has 0 unspecified atom stereocenters. The van der Waals surface area contributed by atoms with Crippen molar-refractivity contribution >= 4 is 17.8 Å². The highest BCUT2D eigenvalue weighted by Crippen LogP contribution is 2.24. The third kappa shape index (κ3) is 8.50. The van der Waals surface area contributed by atoms with Crippen LogP contribution in [0.5, 0.6) is 5.75 Å². The summed E-state index contributed by atoms with van der Waals surface area (Å²) in [7, 11) is 0. The molecule has 0 aliphatic rings. The Morgan fingerprint density at radius 3 is 2.19 bits per heavy atom. The quantitative estimate of drug-likeness (QED) is 0.649. The summed E-state index contributed by atoms with van der Waals surface area (Å²) in [5.41, 5.74) is 1.20. The molecule has 0 fully saturated rings. The van der Waals surface area contributed by atoms with Crippen LogP contribution in [0, 0.1) is 0 Å². The van der Waals surface area contributed by atoms with Gasteiger partial charge >= 0.3 is 5.97 Å². The maximum Gasteiger partial charge on any atom is 0.344 e. The predicted octanol–water partition coefficient (Wildman–Crippen LogP) is 1.55. The fourth-order valence-electron chi connectivity index (χ4n) is 1.94. The van der Waals surface area contributed by atoms with Crippen LogP contribution in [-0.4, -0.2) is 44.1 Å². The van der Waals surface area contributed by atoms with Gasteiger partial charge in [-0.25, -0.2) is 4.79 Å². The van der Waals surface area contributed by atoms with Crippen molar-refractivity contribution in [2.75, 3.05) is 26.3 Å².